The van der Waals surface area contributed by atoms with Crippen molar-refractivity contribution in [2.45, 2.75) is 31.9 Å². The molecule has 2 N–H and O–H groups in total. The standard InChI is InChI=1S/C15H18ClN3O2/c1-15(21)4-6-19(7-5-15)9-13-17-12-3-2-10(16)8-11(12)14(20)18-13/h2-3,8,21H,4-7,9H2,1H3,(H,17,18,20). The number of aromatic amines is 1. The summed E-state index contributed by atoms with van der Waals surface area (Å²) in [6, 6.07) is 5.13. The van der Waals surface area contributed by atoms with Crippen molar-refractivity contribution in [2.24, 2.45) is 0 Å². The number of fused-ring (bicyclic) bond motifs is 1. The molecule has 0 atom stereocenters. The molecule has 0 bridgehead atoms. The Bertz CT molecular complexity index is 716. The molecule has 1 aliphatic rings. The Labute approximate surface area is 127 Å². The third kappa shape index (κ3) is 3.26. The van der Waals surface area contributed by atoms with Gasteiger partial charge in [-0.25, -0.2) is 4.98 Å². The minimum atomic E-state index is -0.572. The highest BCUT2D eigenvalue weighted by molar-refractivity contribution is 6.31. The number of hydrogen-bond donors (Lipinski definition) is 2. The van der Waals surface area contributed by atoms with Gasteiger partial charge in [-0.05, 0) is 38.0 Å². The number of nitrogens with one attached hydrogen (secondary N) is 1. The highest BCUT2D eigenvalue weighted by atomic mass is 35.5. The molecule has 2 heterocycles. The highest BCUT2D eigenvalue weighted by Crippen LogP contribution is 2.22. The van der Waals surface area contributed by atoms with Crippen LogP contribution in [-0.4, -0.2) is 38.7 Å². The van der Waals surface area contributed by atoms with E-state index in [4.69, 9.17) is 11.6 Å². The lowest BCUT2D eigenvalue weighted by Gasteiger charge is -2.35. The normalized spacial score (nSPS) is 19.0. The molecule has 2 aromatic rings. The number of likely N-dealkylation sites (tertiary alicyclic amines) is 1. The molecule has 0 aliphatic carbocycles. The van der Waals surface area contributed by atoms with Crippen LogP contribution in [0.25, 0.3) is 10.9 Å². The Morgan fingerprint density at radius 1 is 1.43 bits per heavy atom. The van der Waals surface area contributed by atoms with Gasteiger partial charge in [0.05, 0.1) is 23.0 Å². The summed E-state index contributed by atoms with van der Waals surface area (Å²) in [5.74, 6) is 0.649. The molecule has 6 heteroatoms. The zero-order chi connectivity index (χ0) is 15.0. The van der Waals surface area contributed by atoms with Gasteiger partial charge in [0.15, 0.2) is 0 Å². The molecule has 1 aromatic carbocycles. The van der Waals surface area contributed by atoms with Crippen molar-refractivity contribution < 1.29 is 5.11 Å². The average molecular weight is 308 g/mol. The monoisotopic (exact) mass is 307 g/mol. The lowest BCUT2D eigenvalue weighted by atomic mass is 9.94. The Kier molecular flexibility index (Phi) is 3.73. The summed E-state index contributed by atoms with van der Waals surface area (Å²) < 4.78 is 0. The van der Waals surface area contributed by atoms with Crippen molar-refractivity contribution in [3.63, 3.8) is 0 Å². The Hall–Kier alpha value is -1.43. The average Bonchev–Trinajstić information content (AvgIpc) is 2.42. The Morgan fingerprint density at radius 2 is 2.14 bits per heavy atom. The van der Waals surface area contributed by atoms with Crippen LogP contribution in [0, 0.1) is 0 Å². The van der Waals surface area contributed by atoms with Crippen LogP contribution < -0.4 is 5.56 Å². The number of rotatable bonds is 2. The first-order chi connectivity index (χ1) is 9.93. The van der Waals surface area contributed by atoms with Crippen molar-refractivity contribution in [2.75, 3.05) is 13.1 Å². The number of benzene rings is 1. The van der Waals surface area contributed by atoms with Crippen LogP contribution in [-0.2, 0) is 6.54 Å². The summed E-state index contributed by atoms with van der Waals surface area (Å²) in [6.45, 7) is 4.05. The number of hydrogen-bond acceptors (Lipinski definition) is 4. The molecule has 0 spiro atoms. The zero-order valence-corrected chi connectivity index (χ0v) is 12.7. The van der Waals surface area contributed by atoms with Gasteiger partial charge in [0, 0.05) is 18.1 Å². The molecule has 1 aliphatic heterocycles. The number of aromatic nitrogens is 2. The predicted octanol–water partition coefficient (Wildman–Crippen LogP) is 1.92. The predicted molar refractivity (Wildman–Crippen MR) is 82.5 cm³/mol. The molecule has 3 rings (SSSR count). The first-order valence-electron chi connectivity index (χ1n) is 7.06. The quantitative estimate of drug-likeness (QED) is 0.889. The van der Waals surface area contributed by atoms with Crippen molar-refractivity contribution in [3.8, 4) is 0 Å². The molecule has 1 aromatic heterocycles. The van der Waals surface area contributed by atoms with E-state index in [0.717, 1.165) is 25.9 Å². The van der Waals surface area contributed by atoms with Crippen LogP contribution in [0.15, 0.2) is 23.0 Å². The van der Waals surface area contributed by atoms with E-state index in [9.17, 15) is 9.90 Å². The van der Waals surface area contributed by atoms with Crippen molar-refractivity contribution in [3.05, 3.63) is 39.4 Å². The Balaban J connectivity index is 1.82. The SMILES string of the molecule is CC1(O)CCN(Cc2nc3ccc(Cl)cc3c(=O)[nH]2)CC1. The van der Waals surface area contributed by atoms with E-state index >= 15 is 0 Å². The van der Waals surface area contributed by atoms with E-state index in [1.54, 1.807) is 18.2 Å². The van der Waals surface area contributed by atoms with Crippen LogP contribution >= 0.6 is 11.6 Å². The van der Waals surface area contributed by atoms with Crippen LogP contribution in [0.1, 0.15) is 25.6 Å². The van der Waals surface area contributed by atoms with Gasteiger partial charge in [0.25, 0.3) is 5.56 Å². The van der Waals surface area contributed by atoms with E-state index in [-0.39, 0.29) is 5.56 Å². The fourth-order valence-corrected chi connectivity index (χ4v) is 2.81. The summed E-state index contributed by atoms with van der Waals surface area (Å²) in [4.78, 5) is 21.6. The van der Waals surface area contributed by atoms with E-state index in [2.05, 4.69) is 14.9 Å². The fourth-order valence-electron chi connectivity index (χ4n) is 2.64. The second-order valence-electron chi connectivity index (χ2n) is 5.95. The number of H-pyrrole nitrogens is 1. The summed E-state index contributed by atoms with van der Waals surface area (Å²) in [7, 11) is 0. The second kappa shape index (κ2) is 5.40. The molecule has 5 nitrogen and oxygen atoms in total. The van der Waals surface area contributed by atoms with Gasteiger partial charge in [-0.1, -0.05) is 11.6 Å². The summed E-state index contributed by atoms with van der Waals surface area (Å²) >= 11 is 5.90. The fraction of sp³-hybridized carbons (Fsp3) is 0.467. The summed E-state index contributed by atoms with van der Waals surface area (Å²) in [5.41, 5.74) is -0.0825. The topological polar surface area (TPSA) is 69.2 Å². The second-order valence-corrected chi connectivity index (χ2v) is 6.38. The van der Waals surface area contributed by atoms with Gasteiger partial charge in [0.2, 0.25) is 0 Å². The lowest BCUT2D eigenvalue weighted by Crippen LogP contribution is -2.42. The number of halogens is 1. The van der Waals surface area contributed by atoms with Gasteiger partial charge < -0.3 is 10.1 Å². The molecule has 1 fully saturated rings. The summed E-state index contributed by atoms with van der Waals surface area (Å²) in [6.07, 6.45) is 1.47. The number of aliphatic hydroxyl groups is 1. The maximum atomic E-state index is 12.1. The lowest BCUT2D eigenvalue weighted by molar-refractivity contribution is -0.00787. The van der Waals surface area contributed by atoms with Gasteiger partial charge in [0.1, 0.15) is 5.82 Å². The first kappa shape index (κ1) is 14.5. The van der Waals surface area contributed by atoms with Gasteiger partial charge in [-0.3, -0.25) is 9.69 Å². The molecular formula is C15H18ClN3O2. The van der Waals surface area contributed by atoms with E-state index in [1.165, 1.54) is 0 Å². The van der Waals surface area contributed by atoms with Crippen LogP contribution in [0.5, 0.6) is 0 Å². The molecule has 0 unspecified atom stereocenters. The van der Waals surface area contributed by atoms with Gasteiger partial charge in [-0.15, -0.1) is 0 Å². The van der Waals surface area contributed by atoms with Crippen LogP contribution in [0.4, 0.5) is 0 Å². The molecule has 0 saturated carbocycles. The summed E-state index contributed by atoms with van der Waals surface area (Å²) in [5, 5.41) is 11.0. The minimum absolute atomic E-state index is 0.165. The first-order valence-corrected chi connectivity index (χ1v) is 7.44. The van der Waals surface area contributed by atoms with Crippen LogP contribution in [0.3, 0.4) is 0 Å². The highest BCUT2D eigenvalue weighted by Gasteiger charge is 2.27. The van der Waals surface area contributed by atoms with Gasteiger partial charge in [-0.2, -0.15) is 0 Å². The molecule has 0 amide bonds. The Morgan fingerprint density at radius 3 is 2.86 bits per heavy atom. The number of nitrogens with zero attached hydrogens (tertiary/aromatic N) is 2. The maximum Gasteiger partial charge on any atom is 0.258 e. The molecule has 0 radical (unpaired) electrons. The van der Waals surface area contributed by atoms with E-state index in [1.807, 2.05) is 6.92 Å². The van der Waals surface area contributed by atoms with E-state index in [0.29, 0.717) is 28.3 Å². The smallest absolute Gasteiger partial charge is 0.258 e. The third-order valence-corrected chi connectivity index (χ3v) is 4.26. The zero-order valence-electron chi connectivity index (χ0n) is 11.9. The molecule has 112 valence electrons. The van der Waals surface area contributed by atoms with Gasteiger partial charge >= 0.3 is 0 Å². The van der Waals surface area contributed by atoms with Crippen LogP contribution in [0.2, 0.25) is 5.02 Å². The minimum Gasteiger partial charge on any atom is -0.390 e. The number of piperidine rings is 1. The largest absolute Gasteiger partial charge is 0.390 e. The van der Waals surface area contributed by atoms with Crippen molar-refractivity contribution >= 4 is 22.5 Å². The molecule has 1 saturated heterocycles. The van der Waals surface area contributed by atoms with Crippen molar-refractivity contribution in [1.29, 1.82) is 0 Å². The third-order valence-electron chi connectivity index (χ3n) is 4.02. The van der Waals surface area contributed by atoms with Crippen molar-refractivity contribution in [1.82, 2.24) is 14.9 Å². The molecular weight excluding hydrogens is 290 g/mol. The maximum absolute atomic E-state index is 12.1. The van der Waals surface area contributed by atoms with E-state index < -0.39 is 5.60 Å². The molecule has 21 heavy (non-hydrogen) atoms.